The fourth-order valence-corrected chi connectivity index (χ4v) is 3.76. The third-order valence-corrected chi connectivity index (χ3v) is 5.73. The van der Waals surface area contributed by atoms with Crippen LogP contribution in [0.15, 0.2) is 11.0 Å². The lowest BCUT2D eigenvalue weighted by Crippen LogP contribution is -2.47. The van der Waals surface area contributed by atoms with Gasteiger partial charge < -0.3 is 9.88 Å². The molecule has 25 heavy (non-hydrogen) atoms. The van der Waals surface area contributed by atoms with Gasteiger partial charge in [0.05, 0.1) is 0 Å². The predicted octanol–water partition coefficient (Wildman–Crippen LogP) is 2.46. The number of H-pyrrole nitrogens is 1. The largest absolute Gasteiger partial charge is 0.363 e. The van der Waals surface area contributed by atoms with Gasteiger partial charge in [-0.2, -0.15) is 0 Å². The molecule has 1 aromatic heterocycles. The number of aryl methyl sites for hydroxylation is 1. The van der Waals surface area contributed by atoms with Crippen molar-refractivity contribution in [3.8, 4) is 0 Å². The van der Waals surface area contributed by atoms with Crippen molar-refractivity contribution in [2.75, 3.05) is 19.6 Å². The van der Waals surface area contributed by atoms with Crippen LogP contribution in [0.5, 0.6) is 0 Å². The molecule has 2 heterocycles. The molecule has 1 aliphatic heterocycles. The maximum atomic E-state index is 12.7. The highest BCUT2D eigenvalue weighted by Gasteiger charge is 2.35. The van der Waals surface area contributed by atoms with Crippen LogP contribution in [0.1, 0.15) is 49.9 Å². The summed E-state index contributed by atoms with van der Waals surface area (Å²) in [5, 5.41) is 0. The number of aromatic nitrogens is 1. The molecule has 0 unspecified atom stereocenters. The van der Waals surface area contributed by atoms with Crippen molar-refractivity contribution in [3.05, 3.63) is 33.2 Å². The molecular formula is C20H31N3O2. The van der Waals surface area contributed by atoms with Crippen molar-refractivity contribution in [1.82, 2.24) is 14.8 Å². The highest BCUT2D eigenvalue weighted by atomic mass is 16.2. The quantitative estimate of drug-likeness (QED) is 0.892. The third-order valence-electron chi connectivity index (χ3n) is 5.73. The monoisotopic (exact) mass is 345 g/mol. The first-order valence-electron chi connectivity index (χ1n) is 9.56. The number of carbonyl (C=O) groups excluding carboxylic acids is 1. The molecule has 0 radical (unpaired) electrons. The molecule has 138 valence electrons. The average molecular weight is 345 g/mol. The molecule has 0 aromatic carbocycles. The van der Waals surface area contributed by atoms with Crippen molar-refractivity contribution in [3.63, 3.8) is 0 Å². The normalized spacial score (nSPS) is 22.5. The molecule has 2 aliphatic rings. The van der Waals surface area contributed by atoms with E-state index in [0.29, 0.717) is 30.7 Å². The van der Waals surface area contributed by atoms with E-state index in [1.807, 2.05) is 13.8 Å². The Balaban J connectivity index is 1.77. The van der Waals surface area contributed by atoms with Crippen molar-refractivity contribution in [1.29, 1.82) is 0 Å². The molecule has 5 heteroatoms. The molecule has 1 N–H and O–H groups in total. The molecule has 1 aromatic rings. The molecule has 2 fully saturated rings. The fraction of sp³-hybridized carbons (Fsp3) is 0.700. The SMILES string of the molecule is Cc1c[nH]c(CN2CCC(=O)N(CC3CC3)[C@H](C(C)C)C2)c(C)c1=O. The minimum absolute atomic E-state index is 0.121. The zero-order valence-corrected chi connectivity index (χ0v) is 16.0. The summed E-state index contributed by atoms with van der Waals surface area (Å²) < 4.78 is 0. The Hall–Kier alpha value is -1.62. The van der Waals surface area contributed by atoms with Gasteiger partial charge in [-0.1, -0.05) is 13.8 Å². The van der Waals surface area contributed by atoms with Gasteiger partial charge in [-0.05, 0) is 38.5 Å². The summed E-state index contributed by atoms with van der Waals surface area (Å²) in [5.74, 6) is 1.44. The summed E-state index contributed by atoms with van der Waals surface area (Å²) in [4.78, 5) is 32.7. The molecule has 1 amide bonds. The Labute approximate surface area is 150 Å². The first-order valence-corrected chi connectivity index (χ1v) is 9.56. The zero-order chi connectivity index (χ0) is 18.1. The van der Waals surface area contributed by atoms with Gasteiger partial charge in [0.25, 0.3) is 0 Å². The minimum Gasteiger partial charge on any atom is -0.363 e. The number of pyridine rings is 1. The van der Waals surface area contributed by atoms with Crippen molar-refractivity contribution in [2.45, 2.75) is 59.5 Å². The number of nitrogens with zero attached hydrogens (tertiary/aromatic N) is 2. The first-order chi connectivity index (χ1) is 11.9. The van der Waals surface area contributed by atoms with Crippen LogP contribution in [-0.4, -0.2) is 46.4 Å². The molecular weight excluding hydrogens is 314 g/mol. The van der Waals surface area contributed by atoms with Gasteiger partial charge in [0.1, 0.15) is 0 Å². The van der Waals surface area contributed by atoms with E-state index in [1.165, 1.54) is 12.8 Å². The molecule has 3 rings (SSSR count). The second kappa shape index (κ2) is 7.32. The van der Waals surface area contributed by atoms with Crippen LogP contribution >= 0.6 is 0 Å². The molecule has 0 bridgehead atoms. The second-order valence-electron chi connectivity index (χ2n) is 8.19. The van der Waals surface area contributed by atoms with Gasteiger partial charge in [-0.25, -0.2) is 0 Å². The van der Waals surface area contributed by atoms with E-state index in [4.69, 9.17) is 0 Å². The van der Waals surface area contributed by atoms with Crippen molar-refractivity contribution < 1.29 is 4.79 Å². The lowest BCUT2D eigenvalue weighted by atomic mass is 10.0. The maximum Gasteiger partial charge on any atom is 0.224 e. The number of rotatable bonds is 5. The molecule has 1 saturated heterocycles. The predicted molar refractivity (Wildman–Crippen MR) is 99.5 cm³/mol. The van der Waals surface area contributed by atoms with Crippen LogP contribution in [0.4, 0.5) is 0 Å². The number of carbonyl (C=O) groups is 1. The summed E-state index contributed by atoms with van der Waals surface area (Å²) in [6, 6.07) is 0.257. The first kappa shape index (κ1) is 18.2. The van der Waals surface area contributed by atoms with Gasteiger partial charge in [0.15, 0.2) is 5.43 Å². The smallest absolute Gasteiger partial charge is 0.224 e. The summed E-state index contributed by atoms with van der Waals surface area (Å²) in [6.07, 6.45) is 4.91. The van der Waals surface area contributed by atoms with Gasteiger partial charge >= 0.3 is 0 Å². The van der Waals surface area contributed by atoms with Crippen LogP contribution in [0.3, 0.4) is 0 Å². The lowest BCUT2D eigenvalue weighted by molar-refractivity contribution is -0.133. The van der Waals surface area contributed by atoms with Gasteiger partial charge in [0.2, 0.25) is 5.91 Å². The van der Waals surface area contributed by atoms with E-state index in [-0.39, 0.29) is 11.5 Å². The lowest BCUT2D eigenvalue weighted by Gasteiger charge is -2.35. The maximum absolute atomic E-state index is 12.7. The van der Waals surface area contributed by atoms with E-state index in [2.05, 4.69) is 28.6 Å². The van der Waals surface area contributed by atoms with E-state index >= 15 is 0 Å². The molecule has 1 atom stereocenters. The van der Waals surface area contributed by atoms with E-state index in [0.717, 1.165) is 36.5 Å². The van der Waals surface area contributed by atoms with Crippen LogP contribution in [0.2, 0.25) is 0 Å². The summed E-state index contributed by atoms with van der Waals surface area (Å²) in [6.45, 7) is 11.4. The summed E-state index contributed by atoms with van der Waals surface area (Å²) in [5.41, 5.74) is 2.64. The Morgan fingerprint density at radius 2 is 1.96 bits per heavy atom. The van der Waals surface area contributed by atoms with Gasteiger partial charge in [0, 0.05) is 61.7 Å². The highest BCUT2D eigenvalue weighted by molar-refractivity contribution is 5.77. The summed E-state index contributed by atoms with van der Waals surface area (Å²) in [7, 11) is 0. The fourth-order valence-electron chi connectivity index (χ4n) is 3.76. The van der Waals surface area contributed by atoms with Crippen LogP contribution < -0.4 is 5.43 Å². The van der Waals surface area contributed by atoms with E-state index < -0.39 is 0 Å². The highest BCUT2D eigenvalue weighted by Crippen LogP contribution is 2.32. The van der Waals surface area contributed by atoms with Crippen molar-refractivity contribution in [2.24, 2.45) is 11.8 Å². The van der Waals surface area contributed by atoms with Crippen LogP contribution in [-0.2, 0) is 11.3 Å². The Morgan fingerprint density at radius 3 is 2.60 bits per heavy atom. The van der Waals surface area contributed by atoms with E-state index in [9.17, 15) is 9.59 Å². The van der Waals surface area contributed by atoms with Crippen LogP contribution in [0.25, 0.3) is 0 Å². The third kappa shape index (κ3) is 4.14. The van der Waals surface area contributed by atoms with Crippen LogP contribution in [0, 0.1) is 25.7 Å². The number of aromatic amines is 1. The Morgan fingerprint density at radius 1 is 1.24 bits per heavy atom. The Bertz CT molecular complexity index is 691. The number of nitrogens with one attached hydrogen (secondary N) is 1. The Kier molecular flexibility index (Phi) is 5.32. The van der Waals surface area contributed by atoms with Gasteiger partial charge in [-0.15, -0.1) is 0 Å². The van der Waals surface area contributed by atoms with Crippen molar-refractivity contribution >= 4 is 5.91 Å². The second-order valence-corrected chi connectivity index (χ2v) is 8.19. The molecule has 5 nitrogen and oxygen atoms in total. The topological polar surface area (TPSA) is 56.4 Å². The van der Waals surface area contributed by atoms with Gasteiger partial charge in [-0.3, -0.25) is 14.5 Å². The minimum atomic E-state index is 0.121. The molecule has 1 aliphatic carbocycles. The molecule has 0 spiro atoms. The number of hydrogen-bond donors (Lipinski definition) is 1. The molecule has 1 saturated carbocycles. The standard InChI is InChI=1S/C20H31N3O2/c1-13(2)18-12-22(8-7-19(24)23(18)10-16-5-6-16)11-17-15(4)20(25)14(3)9-21-17/h9,13,16,18H,5-8,10-12H2,1-4H3,(H,21,25)/t18-/m0/s1. The number of hydrogen-bond acceptors (Lipinski definition) is 3. The average Bonchev–Trinajstić information content (AvgIpc) is 3.39. The zero-order valence-electron chi connectivity index (χ0n) is 16.0. The number of amides is 1. The van der Waals surface area contributed by atoms with E-state index in [1.54, 1.807) is 6.20 Å². The summed E-state index contributed by atoms with van der Waals surface area (Å²) >= 11 is 0.